The van der Waals surface area contributed by atoms with Crippen molar-refractivity contribution in [2.24, 2.45) is 16.8 Å². The minimum absolute atomic E-state index is 0.00518. The molecule has 6 atom stereocenters. The number of nitrogens with one attached hydrogen (secondary N) is 2. The molecule has 0 amide bonds. The number of carbonyl (C=O) groups is 2. The Morgan fingerprint density at radius 2 is 1.55 bits per heavy atom. The van der Waals surface area contributed by atoms with E-state index in [0.29, 0.717) is 5.03 Å². The number of hydrogen-bond donors (Lipinski definition) is 6. The van der Waals surface area contributed by atoms with Gasteiger partial charge in [0.1, 0.15) is 35.0 Å². The van der Waals surface area contributed by atoms with E-state index in [4.69, 9.17) is 30.2 Å². The van der Waals surface area contributed by atoms with Crippen molar-refractivity contribution < 1.29 is 43.1 Å². The molecule has 1 aromatic rings. The molecule has 0 aliphatic heterocycles. The summed E-state index contributed by atoms with van der Waals surface area (Å²) in [5.74, 6) is -2.05. The van der Waals surface area contributed by atoms with E-state index < -0.39 is 56.6 Å². The molecule has 0 bridgehead atoms. The number of nitrogens with zero attached hydrogens (tertiary/aromatic N) is 3. The summed E-state index contributed by atoms with van der Waals surface area (Å²) in [7, 11) is -2.98. The van der Waals surface area contributed by atoms with Crippen molar-refractivity contribution in [3.05, 3.63) is 0 Å². The molecule has 0 aromatic carbocycles. The van der Waals surface area contributed by atoms with Crippen molar-refractivity contribution in [1.29, 1.82) is 0 Å². The Balaban J connectivity index is 3.19. The predicted octanol–water partition coefficient (Wildman–Crippen LogP) is 1.67. The van der Waals surface area contributed by atoms with E-state index in [0.717, 1.165) is 0 Å². The highest BCUT2D eigenvalue weighted by Crippen LogP contribution is 2.41. The van der Waals surface area contributed by atoms with Crippen LogP contribution in [0.15, 0.2) is 10.0 Å². The summed E-state index contributed by atoms with van der Waals surface area (Å²) >= 11 is 1.26. The smallest absolute Gasteiger partial charge is 0.342 e. The second-order valence-electron chi connectivity index (χ2n) is 10.3. The van der Waals surface area contributed by atoms with E-state index in [-0.39, 0.29) is 48.9 Å². The van der Waals surface area contributed by atoms with Crippen LogP contribution in [0, 0.1) is 11.8 Å². The van der Waals surface area contributed by atoms with Gasteiger partial charge in [0.2, 0.25) is 5.95 Å². The number of esters is 2. The van der Waals surface area contributed by atoms with Crippen molar-refractivity contribution in [3.8, 4) is 0 Å². The number of carbonyl (C=O) groups excluding carboxylic acids is 2. The van der Waals surface area contributed by atoms with Gasteiger partial charge in [0, 0.05) is 19.7 Å². The Morgan fingerprint density at radius 3 is 1.98 bits per heavy atom. The molecule has 0 fully saturated rings. The molecule has 16 nitrogen and oxygen atoms in total. The number of methoxy groups -OCH3 is 1. The second-order valence-corrected chi connectivity index (χ2v) is 12.9. The molecule has 1 heterocycles. The molecule has 1 rings (SSSR count). The molecular formula is C26H48N7O9PS. The average Bonchev–Trinajstić information content (AvgIpc) is 2.95. The standard InChI is InChI=1S/C26H48N7O9PS/c1-9-40-24(36)18(14(3)4)32-43(38,33-19(15(5)6)25(37)41-10-2)42-13-17(39-7)21(35)16(34)11-12-29-20-22(27)30-26(28)31-23(20)44-8/h12,14-19,21,34-35H,9-11,13H2,1-8H3,(H2,32,33,38)(H4,27,28,30,31)/b29-12-/t16?,17?,18-,19?,21?,43?/m0/s1. The highest BCUT2D eigenvalue weighted by molar-refractivity contribution is 7.98. The van der Waals surface area contributed by atoms with Crippen LogP contribution in [0.3, 0.4) is 0 Å². The lowest BCUT2D eigenvalue weighted by molar-refractivity contribution is -0.146. The van der Waals surface area contributed by atoms with Gasteiger partial charge in [-0.05, 0) is 31.9 Å². The van der Waals surface area contributed by atoms with Crippen LogP contribution in [0.4, 0.5) is 17.5 Å². The molecule has 0 saturated heterocycles. The SMILES string of the molecule is CCOC(=O)C(NP(=O)(N[C@H](C(=O)OCC)C(C)C)OCC(OC)C(O)C(O)C/C=N\c1c(N)nc(N)nc1SC)C(C)C. The number of nitrogen functional groups attached to an aromatic ring is 2. The first-order chi connectivity index (χ1) is 20.6. The number of aliphatic imine (C=N–C) groups is 1. The lowest BCUT2D eigenvalue weighted by atomic mass is 10.1. The summed E-state index contributed by atoms with van der Waals surface area (Å²) in [6.45, 7) is 9.82. The van der Waals surface area contributed by atoms with Gasteiger partial charge in [0.15, 0.2) is 5.82 Å². The van der Waals surface area contributed by atoms with Gasteiger partial charge < -0.3 is 40.4 Å². The highest BCUT2D eigenvalue weighted by atomic mass is 32.2. The van der Waals surface area contributed by atoms with E-state index >= 15 is 0 Å². The monoisotopic (exact) mass is 665 g/mol. The molecule has 0 aliphatic carbocycles. The van der Waals surface area contributed by atoms with E-state index in [1.807, 2.05) is 0 Å². The number of ether oxygens (including phenoxy) is 3. The molecule has 0 spiro atoms. The van der Waals surface area contributed by atoms with E-state index in [9.17, 15) is 24.4 Å². The maximum atomic E-state index is 14.2. The maximum absolute atomic E-state index is 14.2. The number of rotatable bonds is 20. The fourth-order valence-corrected chi connectivity index (χ4v) is 6.40. The van der Waals surface area contributed by atoms with Crippen LogP contribution in [-0.2, 0) is 32.9 Å². The predicted molar refractivity (Wildman–Crippen MR) is 169 cm³/mol. The zero-order valence-electron chi connectivity index (χ0n) is 26.6. The number of aliphatic hydroxyl groups excluding tert-OH is 2. The molecule has 18 heteroatoms. The first-order valence-electron chi connectivity index (χ1n) is 14.2. The van der Waals surface area contributed by atoms with Crippen LogP contribution in [0.1, 0.15) is 48.0 Å². The summed E-state index contributed by atoms with van der Waals surface area (Å²) in [5.41, 5.74) is 11.8. The molecule has 44 heavy (non-hydrogen) atoms. The molecule has 5 unspecified atom stereocenters. The topological polar surface area (TPSA) is 243 Å². The van der Waals surface area contributed by atoms with Crippen molar-refractivity contribution in [2.75, 3.05) is 44.7 Å². The van der Waals surface area contributed by atoms with Gasteiger partial charge in [-0.25, -0.2) is 15.2 Å². The van der Waals surface area contributed by atoms with Gasteiger partial charge in [-0.15, -0.1) is 11.8 Å². The van der Waals surface area contributed by atoms with E-state index in [1.165, 1.54) is 25.1 Å². The average molecular weight is 666 g/mol. The number of aromatic nitrogens is 2. The summed E-state index contributed by atoms with van der Waals surface area (Å²) < 4.78 is 35.6. The van der Waals surface area contributed by atoms with Crippen LogP contribution in [0.25, 0.3) is 0 Å². The van der Waals surface area contributed by atoms with E-state index in [2.05, 4.69) is 25.1 Å². The largest absolute Gasteiger partial charge is 0.465 e. The molecular weight excluding hydrogens is 617 g/mol. The first kappa shape index (κ1) is 39.7. The van der Waals surface area contributed by atoms with Crippen LogP contribution in [0.5, 0.6) is 0 Å². The fraction of sp³-hybridized carbons (Fsp3) is 0.731. The van der Waals surface area contributed by atoms with Gasteiger partial charge >= 0.3 is 19.6 Å². The molecule has 0 radical (unpaired) electrons. The lowest BCUT2D eigenvalue weighted by Crippen LogP contribution is -2.49. The molecule has 1 aromatic heterocycles. The number of aliphatic hydroxyl groups is 2. The van der Waals surface area contributed by atoms with Gasteiger partial charge in [-0.3, -0.25) is 19.1 Å². The van der Waals surface area contributed by atoms with Crippen LogP contribution in [-0.4, -0.2) is 102 Å². The van der Waals surface area contributed by atoms with Crippen LogP contribution < -0.4 is 21.6 Å². The van der Waals surface area contributed by atoms with Crippen LogP contribution >= 0.6 is 19.4 Å². The summed E-state index contributed by atoms with van der Waals surface area (Å²) in [5, 5.41) is 27.4. The third-order valence-electron chi connectivity index (χ3n) is 6.19. The second kappa shape index (κ2) is 19.2. The zero-order chi connectivity index (χ0) is 33.6. The normalized spacial score (nSPS) is 16.8. The van der Waals surface area contributed by atoms with Crippen molar-refractivity contribution in [3.63, 3.8) is 0 Å². The molecule has 252 valence electrons. The zero-order valence-corrected chi connectivity index (χ0v) is 28.3. The van der Waals surface area contributed by atoms with Gasteiger partial charge in [-0.1, -0.05) is 27.7 Å². The minimum Gasteiger partial charge on any atom is -0.465 e. The first-order valence-corrected chi connectivity index (χ1v) is 17.0. The number of nitrogens with two attached hydrogens (primary N) is 2. The number of anilines is 2. The van der Waals surface area contributed by atoms with Gasteiger partial charge in [0.25, 0.3) is 0 Å². The van der Waals surface area contributed by atoms with Crippen molar-refractivity contribution >= 4 is 55.0 Å². The Kier molecular flexibility index (Phi) is 17.3. The Labute approximate surface area is 263 Å². The summed E-state index contributed by atoms with van der Waals surface area (Å²) in [4.78, 5) is 37.5. The minimum atomic E-state index is -4.25. The highest BCUT2D eigenvalue weighted by Gasteiger charge is 2.40. The fourth-order valence-electron chi connectivity index (χ4n) is 3.75. The quantitative estimate of drug-likeness (QED) is 0.0381. The molecule has 0 saturated carbocycles. The summed E-state index contributed by atoms with van der Waals surface area (Å²) in [6, 6.07) is -2.15. The number of hydrogen-bond acceptors (Lipinski definition) is 15. The third kappa shape index (κ3) is 12.2. The molecule has 8 N–H and O–H groups in total. The molecule has 0 aliphatic rings. The third-order valence-corrected chi connectivity index (χ3v) is 8.61. The van der Waals surface area contributed by atoms with Crippen molar-refractivity contribution in [2.45, 2.75) is 83.4 Å². The Bertz CT molecular complexity index is 1110. The van der Waals surface area contributed by atoms with Gasteiger partial charge in [0.05, 0.1) is 25.9 Å². The van der Waals surface area contributed by atoms with Crippen LogP contribution in [0.2, 0.25) is 0 Å². The Hall–Kier alpha value is -2.37. The van der Waals surface area contributed by atoms with E-state index in [1.54, 1.807) is 47.8 Å². The van der Waals surface area contributed by atoms with Gasteiger partial charge in [-0.2, -0.15) is 4.98 Å². The van der Waals surface area contributed by atoms with Crippen molar-refractivity contribution in [1.82, 2.24) is 20.1 Å². The Morgan fingerprint density at radius 1 is 1.02 bits per heavy atom. The maximum Gasteiger partial charge on any atom is 0.342 e. The number of thioether (sulfide) groups is 1. The lowest BCUT2D eigenvalue weighted by Gasteiger charge is -2.32. The summed E-state index contributed by atoms with van der Waals surface area (Å²) in [6.07, 6.45) is -1.16.